The Hall–Kier alpha value is 0.348. The van der Waals surface area contributed by atoms with E-state index in [1.54, 1.807) is 6.54 Å². The van der Waals surface area contributed by atoms with Gasteiger partial charge in [-0.15, -0.1) is 25.2 Å². The molecule has 0 bridgehead atoms. The fourth-order valence-corrected chi connectivity index (χ4v) is 0.564. The maximum absolute atomic E-state index is 5.22. The molecule has 1 aromatic carbocycles. The van der Waals surface area contributed by atoms with Crippen molar-refractivity contribution in [3.05, 3.63) is 49.4 Å². The van der Waals surface area contributed by atoms with Gasteiger partial charge in [0.15, 0.2) is 0 Å². The fraction of sp³-hybridized carbons (Fsp3) is 0.111. The van der Waals surface area contributed by atoms with Crippen molar-refractivity contribution in [1.82, 2.24) is 0 Å². The molecule has 67 valence electrons. The molecule has 1 rings (SSSR count). The standard InChI is InChI=1S/C7H8N.C2H6N.Pm/c8-6-7-4-2-1-3-5-7;1-2-3;/h1-6H,8H2;1-3H2;/q2*-1;. The molecule has 0 saturated carbocycles. The normalized spacial score (nSPS) is 7.25. The minimum Gasteiger partial charge on any atom is -0.360 e. The molecule has 4 N–H and O–H groups in total. The van der Waals surface area contributed by atoms with Crippen LogP contribution in [-0.2, 0) is 0 Å². The van der Waals surface area contributed by atoms with Crippen molar-refractivity contribution in [2.24, 2.45) is 11.5 Å². The van der Waals surface area contributed by atoms with E-state index in [4.69, 9.17) is 11.5 Å². The molecule has 0 amide bonds. The van der Waals surface area contributed by atoms with E-state index in [-0.39, 0.29) is 40.4 Å². The first-order valence-corrected chi connectivity index (χ1v) is 3.44. The van der Waals surface area contributed by atoms with Crippen LogP contribution in [0.25, 0.3) is 0 Å². The van der Waals surface area contributed by atoms with Crippen LogP contribution in [0, 0.1) is 53.9 Å². The molecule has 2 nitrogen and oxygen atoms in total. The smallest absolute Gasteiger partial charge is 0 e. The number of nitrogens with two attached hydrogens (primary N) is 2. The molecule has 0 unspecified atom stereocenters. The van der Waals surface area contributed by atoms with Crippen molar-refractivity contribution in [2.75, 3.05) is 6.54 Å². The summed E-state index contributed by atoms with van der Waals surface area (Å²) in [7, 11) is 0. The Morgan fingerprint density at radius 1 is 1.25 bits per heavy atom. The summed E-state index contributed by atoms with van der Waals surface area (Å²) in [4.78, 5) is 0. The number of benzene rings is 1. The van der Waals surface area contributed by atoms with Crippen LogP contribution in [-0.4, -0.2) is 6.54 Å². The van der Waals surface area contributed by atoms with Crippen molar-refractivity contribution < 1.29 is 40.4 Å². The average Bonchev–Trinajstić information content (AvgIpc) is 2.08. The van der Waals surface area contributed by atoms with E-state index in [0.29, 0.717) is 6.54 Å². The SMILES string of the molecule is N[CH-]c1ccccc1.[CH2-]CN.[Pm]. The van der Waals surface area contributed by atoms with Gasteiger partial charge in [0.2, 0.25) is 0 Å². The molecular formula is C9H14N2Pm-2. The van der Waals surface area contributed by atoms with Crippen LogP contribution in [0.4, 0.5) is 0 Å². The second kappa shape index (κ2) is 11.3. The topological polar surface area (TPSA) is 52.0 Å². The minimum absolute atomic E-state index is 0. The average molecular weight is 295 g/mol. The van der Waals surface area contributed by atoms with Crippen molar-refractivity contribution in [1.29, 1.82) is 0 Å². The third-order valence-electron chi connectivity index (χ3n) is 0.992. The van der Waals surface area contributed by atoms with Crippen LogP contribution >= 0.6 is 0 Å². The summed E-state index contributed by atoms with van der Waals surface area (Å²) in [5, 5.41) is 0. The van der Waals surface area contributed by atoms with Crippen LogP contribution in [0.2, 0.25) is 0 Å². The fourth-order valence-electron chi connectivity index (χ4n) is 0.564. The van der Waals surface area contributed by atoms with E-state index in [0.717, 1.165) is 5.56 Å². The zero-order valence-corrected chi connectivity index (χ0v) is 9.85. The first-order valence-electron chi connectivity index (χ1n) is 3.44. The summed E-state index contributed by atoms with van der Waals surface area (Å²) < 4.78 is 0. The summed E-state index contributed by atoms with van der Waals surface area (Å²) >= 11 is 0. The second-order valence-corrected chi connectivity index (χ2v) is 1.87. The third kappa shape index (κ3) is 8.44. The van der Waals surface area contributed by atoms with Gasteiger partial charge in [-0.3, -0.25) is 0 Å². The molecule has 0 fully saturated rings. The monoisotopic (exact) mass is 295 g/mol. The zero-order valence-electron chi connectivity index (χ0n) is 6.98. The molecule has 0 atom stereocenters. The van der Waals surface area contributed by atoms with Crippen molar-refractivity contribution in [2.45, 2.75) is 0 Å². The van der Waals surface area contributed by atoms with Gasteiger partial charge in [0.1, 0.15) is 0 Å². The second-order valence-electron chi connectivity index (χ2n) is 1.87. The largest absolute Gasteiger partial charge is 0.360 e. The molecule has 0 saturated heterocycles. The van der Waals surface area contributed by atoms with E-state index in [2.05, 4.69) is 6.92 Å². The molecule has 0 aromatic heterocycles. The summed E-state index contributed by atoms with van der Waals surface area (Å²) in [6.07, 6.45) is 0. The van der Waals surface area contributed by atoms with Gasteiger partial charge in [-0.2, -0.15) is 17.7 Å². The van der Waals surface area contributed by atoms with Gasteiger partial charge in [0.25, 0.3) is 0 Å². The molecule has 0 aliphatic rings. The summed E-state index contributed by atoms with van der Waals surface area (Å²) in [6, 6.07) is 9.80. The van der Waals surface area contributed by atoms with E-state index in [9.17, 15) is 0 Å². The predicted octanol–water partition coefficient (Wildman–Crippen LogP) is 0.934. The number of rotatable bonds is 1. The van der Waals surface area contributed by atoms with E-state index in [1.807, 2.05) is 30.3 Å². The number of hydrogen-bond acceptors (Lipinski definition) is 2. The molecular weight excluding hydrogens is 281 g/mol. The number of hydrogen-bond donors (Lipinski definition) is 2. The Kier molecular flexibility index (Phi) is 14.0. The van der Waals surface area contributed by atoms with Crippen LogP contribution in [0.1, 0.15) is 5.56 Å². The molecule has 0 aliphatic carbocycles. The molecule has 0 aliphatic heterocycles. The van der Waals surface area contributed by atoms with Crippen molar-refractivity contribution in [3.8, 4) is 0 Å². The molecule has 3 heteroatoms. The Labute approximate surface area is 107 Å². The van der Waals surface area contributed by atoms with Gasteiger partial charge >= 0.3 is 0 Å². The van der Waals surface area contributed by atoms with Gasteiger partial charge in [-0.05, 0) is 0 Å². The maximum atomic E-state index is 5.22. The molecule has 0 spiro atoms. The van der Waals surface area contributed by atoms with Gasteiger partial charge < -0.3 is 18.4 Å². The Morgan fingerprint density at radius 2 is 1.67 bits per heavy atom. The van der Waals surface area contributed by atoms with E-state index < -0.39 is 0 Å². The molecule has 0 heterocycles. The van der Waals surface area contributed by atoms with Crippen LogP contribution in [0.15, 0.2) is 30.3 Å². The summed E-state index contributed by atoms with van der Waals surface area (Å²) in [5.74, 6) is 0. The van der Waals surface area contributed by atoms with Crippen LogP contribution in [0.5, 0.6) is 0 Å². The predicted molar refractivity (Wildman–Crippen MR) is 48.4 cm³/mol. The first-order chi connectivity index (χ1) is 5.35. The summed E-state index contributed by atoms with van der Waals surface area (Å²) in [5.41, 5.74) is 11.0. The quantitative estimate of drug-likeness (QED) is 0.758. The van der Waals surface area contributed by atoms with Crippen LogP contribution in [0.3, 0.4) is 0 Å². The van der Waals surface area contributed by atoms with Gasteiger partial charge in [0.05, 0.1) is 0 Å². The molecule has 12 heavy (non-hydrogen) atoms. The van der Waals surface area contributed by atoms with Gasteiger partial charge in [-0.1, -0.05) is 6.07 Å². The van der Waals surface area contributed by atoms with Crippen molar-refractivity contribution >= 4 is 0 Å². The van der Waals surface area contributed by atoms with Gasteiger partial charge in [0, 0.05) is 40.4 Å². The van der Waals surface area contributed by atoms with E-state index >= 15 is 0 Å². The Bertz CT molecular complexity index is 165. The van der Waals surface area contributed by atoms with Gasteiger partial charge in [-0.25, -0.2) is 0 Å². The molecule has 1 aromatic rings. The zero-order chi connectivity index (χ0) is 8.53. The Balaban J connectivity index is 0. The minimum atomic E-state index is 0. The van der Waals surface area contributed by atoms with E-state index in [1.165, 1.54) is 0 Å². The van der Waals surface area contributed by atoms with Crippen molar-refractivity contribution in [3.63, 3.8) is 0 Å². The first kappa shape index (κ1) is 14.8. The third-order valence-corrected chi connectivity index (χ3v) is 0.992. The Morgan fingerprint density at radius 3 is 1.92 bits per heavy atom. The summed E-state index contributed by atoms with van der Waals surface area (Å²) in [6.45, 7) is 5.35. The maximum Gasteiger partial charge on any atom is 0 e. The molecule has 1 radical (unpaired) electrons. The van der Waals surface area contributed by atoms with Crippen LogP contribution < -0.4 is 11.5 Å².